The van der Waals surface area contributed by atoms with Crippen LogP contribution in [-0.4, -0.2) is 28.9 Å². The Balaban J connectivity index is 1.68. The standard InChI is InChI=1S/C19H18N2O2S2/c1-13-3-7-15(8-4-13)20-12-21-18(22)17(25-19(21)24)11-14-5-9-16(23-2)10-6-14/h3-11,20H,12H2,1-2H3/b17-11-. The van der Waals surface area contributed by atoms with E-state index in [2.05, 4.69) is 5.32 Å². The van der Waals surface area contributed by atoms with Crippen LogP contribution in [0.3, 0.4) is 0 Å². The fourth-order valence-electron chi connectivity index (χ4n) is 2.33. The number of rotatable bonds is 5. The molecular formula is C19H18N2O2S2. The molecule has 0 spiro atoms. The molecular weight excluding hydrogens is 352 g/mol. The lowest BCUT2D eigenvalue weighted by Gasteiger charge is -2.16. The molecule has 1 aliphatic heterocycles. The van der Waals surface area contributed by atoms with Gasteiger partial charge in [0.1, 0.15) is 10.1 Å². The van der Waals surface area contributed by atoms with Crippen molar-refractivity contribution in [3.63, 3.8) is 0 Å². The molecule has 1 amide bonds. The summed E-state index contributed by atoms with van der Waals surface area (Å²) in [5.41, 5.74) is 3.09. The minimum atomic E-state index is -0.0783. The Bertz CT molecular complexity index is 814. The average Bonchev–Trinajstić information content (AvgIpc) is 2.89. The monoisotopic (exact) mass is 370 g/mol. The van der Waals surface area contributed by atoms with Crippen LogP contribution < -0.4 is 10.1 Å². The van der Waals surface area contributed by atoms with E-state index in [-0.39, 0.29) is 5.91 Å². The molecule has 0 atom stereocenters. The molecule has 6 heteroatoms. The van der Waals surface area contributed by atoms with Crippen LogP contribution in [0.2, 0.25) is 0 Å². The quantitative estimate of drug-likeness (QED) is 0.629. The van der Waals surface area contributed by atoms with E-state index in [0.29, 0.717) is 15.9 Å². The van der Waals surface area contributed by atoms with Gasteiger partial charge in [0.05, 0.1) is 18.7 Å². The molecule has 1 fully saturated rings. The minimum Gasteiger partial charge on any atom is -0.497 e. The summed E-state index contributed by atoms with van der Waals surface area (Å²) >= 11 is 6.68. The largest absolute Gasteiger partial charge is 0.497 e. The average molecular weight is 370 g/mol. The zero-order valence-electron chi connectivity index (χ0n) is 14.0. The maximum absolute atomic E-state index is 12.6. The summed E-state index contributed by atoms with van der Waals surface area (Å²) in [5.74, 6) is 0.706. The Labute approximate surface area is 156 Å². The molecule has 0 bridgehead atoms. The Morgan fingerprint density at radius 2 is 1.84 bits per heavy atom. The SMILES string of the molecule is COc1ccc(/C=C2\SC(=S)N(CNc3ccc(C)cc3)C2=O)cc1. The van der Waals surface area contributed by atoms with Crippen LogP contribution >= 0.6 is 24.0 Å². The maximum Gasteiger partial charge on any atom is 0.267 e. The first-order chi connectivity index (χ1) is 12.1. The van der Waals surface area contributed by atoms with Gasteiger partial charge in [-0.3, -0.25) is 9.69 Å². The molecule has 0 unspecified atom stereocenters. The minimum absolute atomic E-state index is 0.0783. The molecule has 1 aliphatic rings. The summed E-state index contributed by atoms with van der Waals surface area (Å²) in [6.07, 6.45) is 1.85. The highest BCUT2D eigenvalue weighted by Gasteiger charge is 2.31. The lowest BCUT2D eigenvalue weighted by molar-refractivity contribution is -0.121. The van der Waals surface area contributed by atoms with E-state index < -0.39 is 0 Å². The van der Waals surface area contributed by atoms with Crippen molar-refractivity contribution in [2.24, 2.45) is 0 Å². The number of thioether (sulfide) groups is 1. The number of nitrogens with zero attached hydrogens (tertiary/aromatic N) is 1. The molecule has 2 aromatic rings. The first-order valence-corrected chi connectivity index (χ1v) is 8.99. The van der Waals surface area contributed by atoms with Gasteiger partial charge in [0.25, 0.3) is 5.91 Å². The lowest BCUT2D eigenvalue weighted by atomic mass is 10.2. The van der Waals surface area contributed by atoms with E-state index in [1.165, 1.54) is 17.3 Å². The van der Waals surface area contributed by atoms with Crippen molar-refractivity contribution >= 4 is 46.0 Å². The van der Waals surface area contributed by atoms with Gasteiger partial charge in [0, 0.05) is 5.69 Å². The second kappa shape index (κ2) is 7.72. The Morgan fingerprint density at radius 3 is 2.48 bits per heavy atom. The predicted octanol–water partition coefficient (Wildman–Crippen LogP) is 4.27. The van der Waals surface area contributed by atoms with Crippen LogP contribution in [0.15, 0.2) is 53.4 Å². The normalized spacial score (nSPS) is 15.8. The number of thiocarbonyl (C=S) groups is 1. The number of benzene rings is 2. The van der Waals surface area contributed by atoms with Crippen molar-refractivity contribution in [2.75, 3.05) is 19.1 Å². The van der Waals surface area contributed by atoms with Crippen LogP contribution in [-0.2, 0) is 4.79 Å². The number of carbonyl (C=O) groups excluding carboxylic acids is 1. The first-order valence-electron chi connectivity index (χ1n) is 7.77. The van der Waals surface area contributed by atoms with Gasteiger partial charge in [-0.15, -0.1) is 0 Å². The fourth-order valence-corrected chi connectivity index (χ4v) is 3.58. The van der Waals surface area contributed by atoms with Gasteiger partial charge in [-0.05, 0) is 42.8 Å². The molecule has 1 N–H and O–H groups in total. The number of methoxy groups -OCH3 is 1. The summed E-state index contributed by atoms with van der Waals surface area (Å²) < 4.78 is 5.71. The summed E-state index contributed by atoms with van der Waals surface area (Å²) in [6, 6.07) is 15.6. The number of hydrogen-bond donors (Lipinski definition) is 1. The van der Waals surface area contributed by atoms with E-state index in [1.54, 1.807) is 12.0 Å². The highest BCUT2D eigenvalue weighted by molar-refractivity contribution is 8.26. The molecule has 2 aromatic carbocycles. The Morgan fingerprint density at radius 1 is 1.16 bits per heavy atom. The summed E-state index contributed by atoms with van der Waals surface area (Å²) in [4.78, 5) is 14.8. The van der Waals surface area contributed by atoms with Crippen LogP contribution in [0.1, 0.15) is 11.1 Å². The number of carbonyl (C=O) groups is 1. The molecule has 0 aliphatic carbocycles. The van der Waals surface area contributed by atoms with Crippen LogP contribution in [0.4, 0.5) is 5.69 Å². The van der Waals surface area contributed by atoms with Gasteiger partial charge in [0.2, 0.25) is 0 Å². The van der Waals surface area contributed by atoms with Gasteiger partial charge in [0.15, 0.2) is 0 Å². The summed E-state index contributed by atoms with van der Waals surface area (Å²) in [6.45, 7) is 2.39. The molecule has 0 aromatic heterocycles. The third-order valence-corrected chi connectivity index (χ3v) is 5.16. The number of nitrogens with one attached hydrogen (secondary N) is 1. The maximum atomic E-state index is 12.6. The van der Waals surface area contributed by atoms with E-state index >= 15 is 0 Å². The third kappa shape index (κ3) is 4.21. The number of amides is 1. The van der Waals surface area contributed by atoms with Crippen molar-refractivity contribution in [2.45, 2.75) is 6.92 Å². The van der Waals surface area contributed by atoms with Crippen LogP contribution in [0.25, 0.3) is 6.08 Å². The second-order valence-corrected chi connectivity index (χ2v) is 7.26. The van der Waals surface area contributed by atoms with E-state index in [1.807, 2.05) is 61.5 Å². The molecule has 0 radical (unpaired) electrons. The molecule has 128 valence electrons. The predicted molar refractivity (Wildman–Crippen MR) is 108 cm³/mol. The molecule has 1 saturated heterocycles. The number of anilines is 1. The van der Waals surface area contributed by atoms with Gasteiger partial charge >= 0.3 is 0 Å². The van der Waals surface area contributed by atoms with Crippen molar-refractivity contribution in [3.05, 3.63) is 64.6 Å². The van der Waals surface area contributed by atoms with Gasteiger partial charge < -0.3 is 10.1 Å². The fraction of sp³-hybridized carbons (Fsp3) is 0.158. The van der Waals surface area contributed by atoms with Gasteiger partial charge in [-0.2, -0.15) is 0 Å². The van der Waals surface area contributed by atoms with Crippen molar-refractivity contribution in [3.8, 4) is 5.75 Å². The molecule has 3 rings (SSSR count). The zero-order valence-corrected chi connectivity index (χ0v) is 15.6. The Kier molecular flexibility index (Phi) is 5.40. The highest BCUT2D eigenvalue weighted by atomic mass is 32.2. The zero-order chi connectivity index (χ0) is 17.8. The number of hydrogen-bond acceptors (Lipinski definition) is 5. The van der Waals surface area contributed by atoms with Gasteiger partial charge in [-0.1, -0.05) is 53.8 Å². The van der Waals surface area contributed by atoms with Crippen LogP contribution in [0.5, 0.6) is 5.75 Å². The molecule has 1 heterocycles. The summed E-state index contributed by atoms with van der Waals surface area (Å²) in [5, 5.41) is 3.23. The molecule has 4 nitrogen and oxygen atoms in total. The highest BCUT2D eigenvalue weighted by Crippen LogP contribution is 2.32. The lowest BCUT2D eigenvalue weighted by Crippen LogP contribution is -2.33. The van der Waals surface area contributed by atoms with Crippen LogP contribution in [0, 0.1) is 6.92 Å². The van der Waals surface area contributed by atoms with E-state index in [9.17, 15) is 4.79 Å². The third-order valence-electron chi connectivity index (χ3n) is 3.78. The van der Waals surface area contributed by atoms with Crippen molar-refractivity contribution < 1.29 is 9.53 Å². The van der Waals surface area contributed by atoms with Crippen molar-refractivity contribution in [1.29, 1.82) is 0 Å². The van der Waals surface area contributed by atoms with Gasteiger partial charge in [-0.25, -0.2) is 0 Å². The molecule has 0 saturated carbocycles. The number of ether oxygens (including phenoxy) is 1. The Hall–Kier alpha value is -2.31. The molecule has 25 heavy (non-hydrogen) atoms. The van der Waals surface area contributed by atoms with E-state index in [0.717, 1.165) is 17.0 Å². The van der Waals surface area contributed by atoms with E-state index in [4.69, 9.17) is 17.0 Å². The van der Waals surface area contributed by atoms with Crippen molar-refractivity contribution in [1.82, 2.24) is 4.90 Å². The second-order valence-electron chi connectivity index (χ2n) is 5.58. The summed E-state index contributed by atoms with van der Waals surface area (Å²) in [7, 11) is 1.63. The first kappa shape index (κ1) is 17.5. The number of aryl methyl sites for hydroxylation is 1. The smallest absolute Gasteiger partial charge is 0.267 e. The topological polar surface area (TPSA) is 41.6 Å².